The number of rotatable bonds is 17. The first-order chi connectivity index (χ1) is 25.9. The van der Waals surface area contributed by atoms with E-state index in [0.29, 0.717) is 22.0 Å². The topological polar surface area (TPSA) is 145 Å². The number of nitriles is 1. The number of nitrogens with zero attached hydrogens (tertiary/aromatic N) is 3. The number of hydrogen-bond acceptors (Lipinski definition) is 10. The molecule has 1 unspecified atom stereocenters. The van der Waals surface area contributed by atoms with E-state index in [4.69, 9.17) is 23.5 Å². The van der Waals surface area contributed by atoms with Crippen LogP contribution in [0.2, 0.25) is 0 Å². The fourth-order valence-corrected chi connectivity index (χ4v) is 10.7. The Morgan fingerprint density at radius 3 is 2.15 bits per heavy atom. The molecule has 4 aromatic rings. The normalized spacial score (nSPS) is 18.5. The second-order valence-corrected chi connectivity index (χ2v) is 16.7. The average molecular weight is 777 g/mol. The Balaban J connectivity index is 1.67. The maximum absolute atomic E-state index is 15.0. The van der Waals surface area contributed by atoms with Crippen molar-refractivity contribution >= 4 is 19.3 Å². The lowest BCUT2D eigenvalue weighted by Crippen LogP contribution is -2.40. The molecule has 288 valence electrons. The molecule has 3 aromatic carbocycles. The molecule has 0 spiro atoms. The molecule has 14 heteroatoms. The van der Waals surface area contributed by atoms with Gasteiger partial charge in [-0.1, -0.05) is 72.8 Å². The molecule has 0 amide bonds. The second-order valence-electron chi connectivity index (χ2n) is 13.5. The van der Waals surface area contributed by atoms with Gasteiger partial charge in [-0.3, -0.25) is 18.9 Å². The molecule has 54 heavy (non-hydrogen) atoms. The van der Waals surface area contributed by atoms with Crippen molar-refractivity contribution in [2.75, 3.05) is 33.2 Å². The number of thioether (sulfide) groups is 1. The van der Waals surface area contributed by atoms with E-state index in [0.717, 1.165) is 11.1 Å². The van der Waals surface area contributed by atoms with Crippen molar-refractivity contribution in [1.29, 1.82) is 5.26 Å². The zero-order valence-corrected chi connectivity index (χ0v) is 33.5. The maximum Gasteiger partial charge on any atom is 0.330 e. The maximum atomic E-state index is 15.0. The molecule has 0 aliphatic carbocycles. The monoisotopic (exact) mass is 776 g/mol. The van der Waals surface area contributed by atoms with E-state index < -0.39 is 42.8 Å². The van der Waals surface area contributed by atoms with Gasteiger partial charge in [-0.05, 0) is 51.1 Å². The minimum atomic E-state index is -3.67. The standard InChI is InChI=1S/C40H49N4O8PS/c1-27(2)44(28(3)4)53(47,23-15-22-41)52-33-24-36(43-25-35(54-7)38(45)42-39(43)46)51-34(33)26-50-40(29-16-10-8-11-17-29,30-18-12-9-13-19-30)31-20-14-21-32(48-5)37(31)49-6/h8-14,16-21,25,27-28,33-34,36H,15,23-24,26H2,1-7H3,(H,42,45,46)/t33-,34+,36+,53?/m0/s1. The molecule has 2 heterocycles. The first-order valence-corrected chi connectivity index (χ1v) is 20.9. The van der Waals surface area contributed by atoms with Crippen molar-refractivity contribution in [1.82, 2.24) is 14.2 Å². The van der Waals surface area contributed by atoms with Crippen molar-refractivity contribution < 1.29 is 28.0 Å². The van der Waals surface area contributed by atoms with Gasteiger partial charge in [0.2, 0.25) is 0 Å². The third-order valence-corrected chi connectivity index (χ3v) is 13.2. The zero-order chi connectivity index (χ0) is 39.0. The van der Waals surface area contributed by atoms with Gasteiger partial charge in [0.15, 0.2) is 11.5 Å². The van der Waals surface area contributed by atoms with Crippen LogP contribution >= 0.6 is 19.3 Å². The van der Waals surface area contributed by atoms with Crippen LogP contribution in [0, 0.1) is 11.3 Å². The van der Waals surface area contributed by atoms with Crippen LogP contribution in [0.5, 0.6) is 11.5 Å². The quantitative estimate of drug-likeness (QED) is 0.0661. The highest BCUT2D eigenvalue weighted by Crippen LogP contribution is 2.57. The summed E-state index contributed by atoms with van der Waals surface area (Å²) in [5, 5.41) is 9.59. The first-order valence-electron chi connectivity index (χ1n) is 17.9. The fraction of sp³-hybridized carbons (Fsp3) is 0.425. The molecule has 1 saturated heterocycles. The SMILES string of the molecule is COc1cccc(C(OC[C@H]2O[C@@H](n3cc(SC)c(=O)[nH]c3=O)C[C@@H]2OP(=O)(CCC#N)N(C(C)C)C(C)C)(c2ccccc2)c2ccccc2)c1OC. The Hall–Kier alpha value is -4.15. The van der Waals surface area contributed by atoms with Gasteiger partial charge in [0.1, 0.15) is 17.9 Å². The van der Waals surface area contributed by atoms with Gasteiger partial charge in [-0.15, -0.1) is 11.8 Å². The molecule has 1 aliphatic heterocycles. The third-order valence-electron chi connectivity index (χ3n) is 9.47. The molecule has 5 rings (SSSR count). The van der Waals surface area contributed by atoms with Crippen molar-refractivity contribution in [3.05, 3.63) is 123 Å². The largest absolute Gasteiger partial charge is 0.493 e. The lowest BCUT2D eigenvalue weighted by atomic mass is 9.79. The Labute approximate surface area is 320 Å². The average Bonchev–Trinajstić information content (AvgIpc) is 3.55. The molecule has 0 bridgehead atoms. The van der Waals surface area contributed by atoms with Crippen molar-refractivity contribution in [2.24, 2.45) is 0 Å². The van der Waals surface area contributed by atoms with Crippen LogP contribution in [0.15, 0.2) is 99.5 Å². The molecule has 4 atom stereocenters. The first kappa shape index (κ1) is 41.0. The minimum absolute atomic E-state index is 0.00279. The van der Waals surface area contributed by atoms with E-state index in [9.17, 15) is 14.9 Å². The van der Waals surface area contributed by atoms with Crippen LogP contribution in [-0.4, -0.2) is 71.8 Å². The predicted octanol–water partition coefficient (Wildman–Crippen LogP) is 7.18. The summed E-state index contributed by atoms with van der Waals surface area (Å²) < 4.78 is 50.6. The number of benzene rings is 3. The number of aromatic nitrogens is 2. The molecule has 1 aromatic heterocycles. The lowest BCUT2D eigenvalue weighted by Gasteiger charge is -2.40. The van der Waals surface area contributed by atoms with Crippen molar-refractivity contribution in [3.63, 3.8) is 0 Å². The fourth-order valence-electron chi connectivity index (χ4n) is 7.32. The number of H-pyrrole nitrogens is 1. The van der Waals surface area contributed by atoms with Crippen LogP contribution in [0.25, 0.3) is 0 Å². The molecule has 1 fully saturated rings. The summed E-state index contributed by atoms with van der Waals surface area (Å²) in [6.07, 6.45) is 0.726. The van der Waals surface area contributed by atoms with E-state index in [1.807, 2.05) is 111 Å². The predicted molar refractivity (Wildman–Crippen MR) is 210 cm³/mol. The molecule has 1 N–H and O–H groups in total. The summed E-state index contributed by atoms with van der Waals surface area (Å²) in [7, 11) is -0.515. The van der Waals surface area contributed by atoms with Crippen LogP contribution in [-0.2, 0) is 24.2 Å². The molecular weight excluding hydrogens is 728 g/mol. The lowest BCUT2D eigenvalue weighted by molar-refractivity contribution is -0.0927. The van der Waals surface area contributed by atoms with E-state index in [-0.39, 0.29) is 37.7 Å². The zero-order valence-electron chi connectivity index (χ0n) is 31.8. The van der Waals surface area contributed by atoms with Gasteiger partial charge in [0.25, 0.3) is 13.1 Å². The Morgan fingerprint density at radius 1 is 0.981 bits per heavy atom. The van der Waals surface area contributed by atoms with Crippen molar-refractivity contribution in [2.45, 2.75) is 81.6 Å². The molecule has 0 saturated carbocycles. The highest BCUT2D eigenvalue weighted by atomic mass is 32.2. The smallest absolute Gasteiger partial charge is 0.330 e. The number of hydrogen-bond donors (Lipinski definition) is 1. The highest BCUT2D eigenvalue weighted by molar-refractivity contribution is 7.98. The molecule has 1 aliphatic rings. The third kappa shape index (κ3) is 8.40. The Morgan fingerprint density at radius 2 is 1.61 bits per heavy atom. The number of para-hydroxylation sites is 1. The van der Waals surface area contributed by atoms with Gasteiger partial charge in [0.05, 0.1) is 44.1 Å². The summed E-state index contributed by atoms with van der Waals surface area (Å²) in [6.45, 7) is 7.67. The molecular formula is C40H49N4O8PS. The number of ether oxygens (including phenoxy) is 4. The molecule has 0 radical (unpaired) electrons. The minimum Gasteiger partial charge on any atom is -0.493 e. The van der Waals surface area contributed by atoms with E-state index in [1.165, 1.54) is 22.5 Å². The summed E-state index contributed by atoms with van der Waals surface area (Å²) in [5.74, 6) is 0.983. The van der Waals surface area contributed by atoms with Gasteiger partial charge < -0.3 is 23.5 Å². The van der Waals surface area contributed by atoms with Gasteiger partial charge in [-0.2, -0.15) is 5.26 Å². The van der Waals surface area contributed by atoms with Crippen molar-refractivity contribution in [3.8, 4) is 17.6 Å². The van der Waals surface area contributed by atoms with Gasteiger partial charge in [0, 0.05) is 36.7 Å². The number of aromatic amines is 1. The highest BCUT2D eigenvalue weighted by Gasteiger charge is 2.48. The van der Waals surface area contributed by atoms with Gasteiger partial charge >= 0.3 is 5.69 Å². The number of nitrogens with one attached hydrogen (secondary N) is 1. The second kappa shape index (κ2) is 18.0. The Bertz CT molecular complexity index is 2020. The van der Waals surface area contributed by atoms with E-state index >= 15 is 4.57 Å². The molecule has 12 nitrogen and oxygen atoms in total. The van der Waals surface area contributed by atoms with Crippen LogP contribution in [0.3, 0.4) is 0 Å². The summed E-state index contributed by atoms with van der Waals surface area (Å²) in [4.78, 5) is 28.5. The summed E-state index contributed by atoms with van der Waals surface area (Å²) in [6, 6.07) is 26.9. The van der Waals surface area contributed by atoms with Crippen LogP contribution in [0.1, 0.15) is 63.5 Å². The van der Waals surface area contributed by atoms with Gasteiger partial charge in [-0.25, -0.2) is 9.46 Å². The summed E-state index contributed by atoms with van der Waals surface area (Å²) >= 11 is 1.20. The number of methoxy groups -OCH3 is 2. The van der Waals surface area contributed by atoms with Crippen LogP contribution < -0.4 is 20.7 Å². The van der Waals surface area contributed by atoms with Crippen LogP contribution in [0.4, 0.5) is 0 Å². The van der Waals surface area contributed by atoms with E-state index in [2.05, 4.69) is 11.1 Å². The Kier molecular flexibility index (Phi) is 13.7. The summed E-state index contributed by atoms with van der Waals surface area (Å²) in [5.41, 5.74) is -0.181. The van der Waals surface area contributed by atoms with E-state index in [1.54, 1.807) is 20.5 Å².